The van der Waals surface area contributed by atoms with Crippen LogP contribution in [0.15, 0.2) is 18.5 Å². The zero-order valence-corrected chi connectivity index (χ0v) is 15.1. The van der Waals surface area contributed by atoms with E-state index in [1.807, 2.05) is 28.8 Å². The Morgan fingerprint density at radius 1 is 1.32 bits per heavy atom. The van der Waals surface area contributed by atoms with Crippen LogP contribution in [-0.4, -0.2) is 57.1 Å². The van der Waals surface area contributed by atoms with Gasteiger partial charge in [-0.1, -0.05) is 6.92 Å². The fraction of sp³-hybridized carbons (Fsp3) is 0.737. The molecule has 2 aliphatic heterocycles. The third-order valence-corrected chi connectivity index (χ3v) is 6.26. The Morgan fingerprint density at radius 3 is 2.72 bits per heavy atom. The van der Waals surface area contributed by atoms with Crippen LogP contribution in [0.2, 0.25) is 0 Å². The molecule has 6 nitrogen and oxygen atoms in total. The highest BCUT2D eigenvalue weighted by atomic mass is 16.2. The number of hydrogen-bond donors (Lipinski definition) is 0. The molecule has 1 saturated carbocycles. The number of hydrogen-bond acceptors (Lipinski definition) is 3. The van der Waals surface area contributed by atoms with E-state index in [1.165, 1.54) is 12.8 Å². The molecule has 0 radical (unpaired) electrons. The lowest BCUT2D eigenvalue weighted by Crippen LogP contribution is -2.53. The monoisotopic (exact) mass is 344 g/mol. The number of carbonyl (C=O) groups is 2. The number of aromatic nitrogens is 2. The maximum absolute atomic E-state index is 12.8. The average molecular weight is 344 g/mol. The number of piperidine rings is 2. The Balaban J connectivity index is 1.33. The molecule has 3 aliphatic rings. The van der Waals surface area contributed by atoms with Crippen LogP contribution in [0.4, 0.5) is 0 Å². The third-order valence-electron chi connectivity index (χ3n) is 6.26. The van der Waals surface area contributed by atoms with Gasteiger partial charge >= 0.3 is 0 Å². The topological polar surface area (TPSA) is 58.4 Å². The highest BCUT2D eigenvalue weighted by Gasteiger charge is 2.45. The molecule has 3 fully saturated rings. The van der Waals surface area contributed by atoms with Gasteiger partial charge < -0.3 is 9.80 Å². The maximum Gasteiger partial charge on any atom is 0.227 e. The summed E-state index contributed by atoms with van der Waals surface area (Å²) in [4.78, 5) is 29.1. The first-order chi connectivity index (χ1) is 12.1. The van der Waals surface area contributed by atoms with Crippen molar-refractivity contribution in [1.82, 2.24) is 19.6 Å². The summed E-state index contributed by atoms with van der Waals surface area (Å²) in [5, 5.41) is 4.20. The molecule has 1 spiro atoms. The summed E-state index contributed by atoms with van der Waals surface area (Å²) in [7, 11) is 0. The highest BCUT2D eigenvalue weighted by Crippen LogP contribution is 2.43. The van der Waals surface area contributed by atoms with E-state index < -0.39 is 0 Å². The number of likely N-dealkylation sites (tertiary alicyclic amines) is 2. The smallest absolute Gasteiger partial charge is 0.227 e. The van der Waals surface area contributed by atoms with E-state index in [2.05, 4.69) is 10.00 Å². The van der Waals surface area contributed by atoms with E-state index in [4.69, 9.17) is 0 Å². The molecule has 0 aromatic carbocycles. The molecule has 1 atom stereocenters. The molecule has 2 saturated heterocycles. The Hall–Kier alpha value is -1.85. The van der Waals surface area contributed by atoms with E-state index in [1.54, 1.807) is 6.20 Å². The van der Waals surface area contributed by atoms with Crippen molar-refractivity contribution in [2.24, 2.45) is 11.3 Å². The largest absolute Gasteiger partial charge is 0.342 e. The van der Waals surface area contributed by atoms with Crippen LogP contribution in [0.1, 0.15) is 45.4 Å². The Kier molecular flexibility index (Phi) is 4.29. The summed E-state index contributed by atoms with van der Waals surface area (Å²) in [5.74, 6) is 0.528. The lowest BCUT2D eigenvalue weighted by Gasteiger charge is -2.48. The molecule has 2 amide bonds. The van der Waals surface area contributed by atoms with E-state index in [0.717, 1.165) is 38.9 Å². The predicted molar refractivity (Wildman–Crippen MR) is 93.6 cm³/mol. The van der Waals surface area contributed by atoms with Crippen molar-refractivity contribution in [3.05, 3.63) is 18.5 Å². The van der Waals surface area contributed by atoms with Crippen molar-refractivity contribution in [1.29, 1.82) is 0 Å². The van der Waals surface area contributed by atoms with Gasteiger partial charge in [0.2, 0.25) is 11.8 Å². The first kappa shape index (κ1) is 16.6. The summed E-state index contributed by atoms with van der Waals surface area (Å²) in [6.07, 6.45) is 9.76. The Morgan fingerprint density at radius 2 is 2.08 bits per heavy atom. The van der Waals surface area contributed by atoms with Crippen molar-refractivity contribution in [2.45, 2.75) is 58.0 Å². The normalized spacial score (nSPS) is 24.6. The predicted octanol–water partition coefficient (Wildman–Crippen LogP) is 1.91. The molecule has 0 bridgehead atoms. The molecule has 0 unspecified atom stereocenters. The zero-order valence-electron chi connectivity index (χ0n) is 15.1. The van der Waals surface area contributed by atoms with Gasteiger partial charge in [-0.05, 0) is 43.6 Å². The van der Waals surface area contributed by atoms with Gasteiger partial charge in [-0.25, -0.2) is 0 Å². The first-order valence-electron chi connectivity index (χ1n) is 9.62. The van der Waals surface area contributed by atoms with Crippen molar-refractivity contribution in [3.63, 3.8) is 0 Å². The fourth-order valence-corrected chi connectivity index (χ4v) is 4.45. The second kappa shape index (κ2) is 6.46. The van der Waals surface area contributed by atoms with E-state index in [-0.39, 0.29) is 17.2 Å². The molecular formula is C19H28N4O2. The van der Waals surface area contributed by atoms with E-state index in [0.29, 0.717) is 24.9 Å². The lowest BCUT2D eigenvalue weighted by molar-refractivity contribution is -0.144. The summed E-state index contributed by atoms with van der Waals surface area (Å²) < 4.78 is 1.83. The van der Waals surface area contributed by atoms with Crippen LogP contribution in [0.25, 0.3) is 0 Å². The molecule has 6 heteroatoms. The second-order valence-corrected chi connectivity index (χ2v) is 8.21. The number of carbonyl (C=O) groups excluding carboxylic acids is 2. The SMILES string of the molecule is C[C@@H](Cn1cccn1)C(=O)N1CCC2(CCC(=O)N(C3CC3)C2)CC1. The van der Waals surface area contributed by atoms with Gasteiger partial charge in [0.25, 0.3) is 0 Å². The Bertz CT molecular complexity index is 630. The van der Waals surface area contributed by atoms with Crippen molar-refractivity contribution < 1.29 is 9.59 Å². The minimum absolute atomic E-state index is 0.0511. The minimum atomic E-state index is -0.0511. The minimum Gasteiger partial charge on any atom is -0.342 e. The van der Waals surface area contributed by atoms with Gasteiger partial charge in [0.15, 0.2) is 0 Å². The van der Waals surface area contributed by atoms with Crippen LogP contribution < -0.4 is 0 Å². The van der Waals surface area contributed by atoms with Gasteiger partial charge in [-0.3, -0.25) is 14.3 Å². The fourth-order valence-electron chi connectivity index (χ4n) is 4.45. The van der Waals surface area contributed by atoms with Gasteiger partial charge in [-0.2, -0.15) is 5.10 Å². The molecule has 3 heterocycles. The van der Waals surface area contributed by atoms with Gasteiger partial charge in [0, 0.05) is 44.5 Å². The summed E-state index contributed by atoms with van der Waals surface area (Å²) in [5.41, 5.74) is 0.249. The average Bonchev–Trinajstić information content (AvgIpc) is 3.34. The van der Waals surface area contributed by atoms with Crippen molar-refractivity contribution in [3.8, 4) is 0 Å². The quantitative estimate of drug-likeness (QED) is 0.838. The number of rotatable bonds is 4. The molecule has 136 valence electrons. The van der Waals surface area contributed by atoms with Crippen molar-refractivity contribution >= 4 is 11.8 Å². The number of amides is 2. The van der Waals surface area contributed by atoms with E-state index >= 15 is 0 Å². The van der Waals surface area contributed by atoms with E-state index in [9.17, 15) is 9.59 Å². The molecular weight excluding hydrogens is 316 g/mol. The molecule has 4 rings (SSSR count). The van der Waals surface area contributed by atoms with Crippen LogP contribution in [0.5, 0.6) is 0 Å². The highest BCUT2D eigenvalue weighted by molar-refractivity contribution is 5.79. The zero-order chi connectivity index (χ0) is 17.4. The molecule has 25 heavy (non-hydrogen) atoms. The summed E-state index contributed by atoms with van der Waals surface area (Å²) in [6, 6.07) is 2.40. The molecule has 1 aliphatic carbocycles. The third kappa shape index (κ3) is 3.44. The van der Waals surface area contributed by atoms with Gasteiger partial charge in [0.1, 0.15) is 0 Å². The van der Waals surface area contributed by atoms with Crippen LogP contribution in [-0.2, 0) is 16.1 Å². The maximum atomic E-state index is 12.8. The summed E-state index contributed by atoms with van der Waals surface area (Å²) in [6.45, 7) is 5.20. The number of nitrogens with zero attached hydrogens (tertiary/aromatic N) is 4. The van der Waals surface area contributed by atoms with Gasteiger partial charge in [-0.15, -0.1) is 0 Å². The first-order valence-corrected chi connectivity index (χ1v) is 9.62. The Labute approximate surface area is 149 Å². The van der Waals surface area contributed by atoms with Crippen LogP contribution in [0, 0.1) is 11.3 Å². The lowest BCUT2D eigenvalue weighted by atomic mass is 9.72. The standard InChI is InChI=1S/C19H28N4O2/c1-15(13-22-10-2-9-20-22)18(25)21-11-7-19(8-12-21)6-5-17(24)23(14-19)16-3-4-16/h2,9-10,15-16H,3-8,11-14H2,1H3/t15-/m0/s1. The van der Waals surface area contributed by atoms with Crippen molar-refractivity contribution in [2.75, 3.05) is 19.6 Å². The van der Waals surface area contributed by atoms with Gasteiger partial charge in [0.05, 0.1) is 12.5 Å². The molecule has 1 aromatic rings. The van der Waals surface area contributed by atoms with Crippen LogP contribution in [0.3, 0.4) is 0 Å². The summed E-state index contributed by atoms with van der Waals surface area (Å²) >= 11 is 0. The van der Waals surface area contributed by atoms with Crippen LogP contribution >= 0.6 is 0 Å². The molecule has 0 N–H and O–H groups in total. The second-order valence-electron chi connectivity index (χ2n) is 8.21. The molecule has 1 aromatic heterocycles.